The first-order chi connectivity index (χ1) is 14.1. The first kappa shape index (κ1) is 19.0. The van der Waals surface area contributed by atoms with E-state index < -0.39 is 0 Å². The average Bonchev–Trinajstić information content (AvgIpc) is 3.17. The van der Waals surface area contributed by atoms with E-state index in [2.05, 4.69) is 10.7 Å². The summed E-state index contributed by atoms with van der Waals surface area (Å²) >= 11 is 0. The number of nitrogens with one attached hydrogen (secondary N) is 2. The van der Waals surface area contributed by atoms with Gasteiger partial charge in [-0.05, 0) is 43.2 Å². The van der Waals surface area contributed by atoms with Crippen molar-refractivity contribution in [1.29, 1.82) is 0 Å². The predicted octanol–water partition coefficient (Wildman–Crippen LogP) is 2.66. The van der Waals surface area contributed by atoms with Gasteiger partial charge in [0.2, 0.25) is 5.91 Å². The minimum absolute atomic E-state index is 0.0116. The van der Waals surface area contributed by atoms with Crippen LogP contribution in [0.2, 0.25) is 0 Å². The molecule has 0 radical (unpaired) electrons. The summed E-state index contributed by atoms with van der Waals surface area (Å²) in [5, 5.41) is 4.64. The van der Waals surface area contributed by atoms with Crippen LogP contribution in [-0.4, -0.2) is 40.9 Å². The summed E-state index contributed by atoms with van der Waals surface area (Å²) in [4.78, 5) is 26.7. The standard InChI is InChI=1S/C22H24N4O3/c1-2-29-18-10-8-16(9-11-18)19-14-20-22(28)25(12-13-26(20)24-19)15-21(27)23-17-6-4-3-5-7-17/h3-13,19-20,24H,2,14-15H2,1H3,(H,23,27). The maximum absolute atomic E-state index is 12.9. The first-order valence-electron chi connectivity index (χ1n) is 9.75. The normalized spacial score (nSPS) is 20.5. The highest BCUT2D eigenvalue weighted by Gasteiger charge is 2.40. The van der Waals surface area contributed by atoms with Crippen molar-refractivity contribution in [2.75, 3.05) is 18.5 Å². The highest BCUT2D eigenvalue weighted by molar-refractivity contribution is 5.96. The van der Waals surface area contributed by atoms with E-state index in [-0.39, 0.29) is 30.4 Å². The lowest BCUT2D eigenvalue weighted by atomic mass is 10.0. The molecule has 1 saturated heterocycles. The molecule has 2 heterocycles. The van der Waals surface area contributed by atoms with Crippen LogP contribution in [0.4, 0.5) is 5.69 Å². The van der Waals surface area contributed by atoms with Crippen LogP contribution in [0.3, 0.4) is 0 Å². The Morgan fingerprint density at radius 2 is 1.90 bits per heavy atom. The number of nitrogens with zero attached hydrogens (tertiary/aromatic N) is 2. The fourth-order valence-electron chi connectivity index (χ4n) is 3.62. The van der Waals surface area contributed by atoms with E-state index >= 15 is 0 Å². The second-order valence-electron chi connectivity index (χ2n) is 7.02. The van der Waals surface area contributed by atoms with Gasteiger partial charge in [-0.1, -0.05) is 30.3 Å². The third kappa shape index (κ3) is 4.25. The van der Waals surface area contributed by atoms with Gasteiger partial charge in [0.1, 0.15) is 18.3 Å². The SMILES string of the molecule is CCOc1ccc(C2CC3C(=O)N(CC(=O)Nc4ccccc4)C=CN3N2)cc1. The molecule has 4 rings (SSSR count). The van der Waals surface area contributed by atoms with E-state index in [1.807, 2.05) is 72.7 Å². The van der Waals surface area contributed by atoms with Crippen molar-refractivity contribution in [2.24, 2.45) is 0 Å². The van der Waals surface area contributed by atoms with Gasteiger partial charge in [-0.15, -0.1) is 0 Å². The molecule has 2 N–H and O–H groups in total. The highest BCUT2D eigenvalue weighted by Crippen LogP contribution is 2.31. The van der Waals surface area contributed by atoms with Crippen LogP contribution in [-0.2, 0) is 9.59 Å². The molecule has 0 aromatic heterocycles. The lowest BCUT2D eigenvalue weighted by molar-refractivity contribution is -0.137. The highest BCUT2D eigenvalue weighted by atomic mass is 16.5. The third-order valence-electron chi connectivity index (χ3n) is 5.04. The minimum atomic E-state index is -0.332. The zero-order valence-corrected chi connectivity index (χ0v) is 16.2. The number of hydrogen-bond acceptors (Lipinski definition) is 5. The van der Waals surface area contributed by atoms with Crippen LogP contribution in [0.25, 0.3) is 0 Å². The van der Waals surface area contributed by atoms with Gasteiger partial charge in [-0.2, -0.15) is 0 Å². The summed E-state index contributed by atoms with van der Waals surface area (Å²) < 4.78 is 5.49. The molecule has 7 heteroatoms. The Morgan fingerprint density at radius 1 is 1.14 bits per heavy atom. The van der Waals surface area contributed by atoms with Crippen LogP contribution < -0.4 is 15.5 Å². The molecule has 29 heavy (non-hydrogen) atoms. The van der Waals surface area contributed by atoms with Crippen LogP contribution in [0.15, 0.2) is 67.0 Å². The fourth-order valence-corrected chi connectivity index (χ4v) is 3.62. The van der Waals surface area contributed by atoms with Crippen molar-refractivity contribution in [3.8, 4) is 5.75 Å². The van der Waals surface area contributed by atoms with Crippen molar-refractivity contribution < 1.29 is 14.3 Å². The van der Waals surface area contributed by atoms with Gasteiger partial charge in [0.05, 0.1) is 12.6 Å². The van der Waals surface area contributed by atoms with E-state index in [1.54, 1.807) is 6.20 Å². The van der Waals surface area contributed by atoms with Gasteiger partial charge in [0, 0.05) is 18.1 Å². The number of carbonyl (C=O) groups excluding carboxylic acids is 2. The van der Waals surface area contributed by atoms with Gasteiger partial charge in [-0.3, -0.25) is 9.59 Å². The van der Waals surface area contributed by atoms with Crippen molar-refractivity contribution in [2.45, 2.75) is 25.4 Å². The number of benzene rings is 2. The largest absolute Gasteiger partial charge is 0.494 e. The molecule has 150 valence electrons. The number of para-hydroxylation sites is 1. The number of rotatable bonds is 6. The zero-order valence-electron chi connectivity index (χ0n) is 16.2. The molecule has 2 unspecified atom stereocenters. The van der Waals surface area contributed by atoms with E-state index in [0.29, 0.717) is 18.7 Å². The lowest BCUT2D eigenvalue weighted by Gasteiger charge is -2.31. The third-order valence-corrected chi connectivity index (χ3v) is 5.04. The molecule has 7 nitrogen and oxygen atoms in total. The molecule has 0 bridgehead atoms. The summed E-state index contributed by atoms with van der Waals surface area (Å²) in [5.41, 5.74) is 5.17. The Kier molecular flexibility index (Phi) is 5.48. The number of hydrazine groups is 1. The molecule has 2 aliphatic heterocycles. The van der Waals surface area contributed by atoms with Crippen LogP contribution in [0.5, 0.6) is 5.75 Å². The summed E-state index contributed by atoms with van der Waals surface area (Å²) in [6, 6.07) is 16.8. The van der Waals surface area contributed by atoms with Gasteiger partial charge in [-0.25, -0.2) is 5.43 Å². The van der Waals surface area contributed by atoms with E-state index in [1.165, 1.54) is 4.90 Å². The van der Waals surface area contributed by atoms with Crippen LogP contribution in [0.1, 0.15) is 24.9 Å². The molecule has 0 spiro atoms. The Balaban J connectivity index is 1.37. The molecule has 2 atom stereocenters. The van der Waals surface area contributed by atoms with Gasteiger partial charge >= 0.3 is 0 Å². The molecule has 1 fully saturated rings. The monoisotopic (exact) mass is 392 g/mol. The Bertz CT molecular complexity index is 898. The summed E-state index contributed by atoms with van der Waals surface area (Å²) in [7, 11) is 0. The molecule has 2 aromatic rings. The van der Waals surface area contributed by atoms with Gasteiger partial charge in [0.15, 0.2) is 0 Å². The van der Waals surface area contributed by atoms with Crippen LogP contribution in [0, 0.1) is 0 Å². The lowest BCUT2D eigenvalue weighted by Crippen LogP contribution is -2.49. The Morgan fingerprint density at radius 3 is 2.62 bits per heavy atom. The maximum Gasteiger partial charge on any atom is 0.251 e. The molecule has 0 saturated carbocycles. The molecule has 2 amide bonds. The maximum atomic E-state index is 12.9. The van der Waals surface area contributed by atoms with E-state index in [0.717, 1.165) is 11.3 Å². The van der Waals surface area contributed by atoms with Crippen LogP contribution >= 0.6 is 0 Å². The number of hydrogen-bond donors (Lipinski definition) is 2. The van der Waals surface area contributed by atoms with Gasteiger partial charge < -0.3 is 20.0 Å². The van der Waals surface area contributed by atoms with Crippen molar-refractivity contribution in [1.82, 2.24) is 15.3 Å². The quantitative estimate of drug-likeness (QED) is 0.791. The minimum Gasteiger partial charge on any atom is -0.494 e. The summed E-state index contributed by atoms with van der Waals surface area (Å²) in [5.74, 6) is 0.520. The second kappa shape index (κ2) is 8.36. The number of fused-ring (bicyclic) bond motifs is 1. The van der Waals surface area contributed by atoms with E-state index in [9.17, 15) is 9.59 Å². The fraction of sp³-hybridized carbons (Fsp3) is 0.273. The zero-order chi connectivity index (χ0) is 20.2. The molecule has 0 aliphatic carbocycles. The topological polar surface area (TPSA) is 73.9 Å². The second-order valence-corrected chi connectivity index (χ2v) is 7.02. The molecule has 2 aromatic carbocycles. The van der Waals surface area contributed by atoms with Crippen molar-refractivity contribution in [3.63, 3.8) is 0 Å². The van der Waals surface area contributed by atoms with Crippen molar-refractivity contribution in [3.05, 3.63) is 72.6 Å². The number of ether oxygens (including phenoxy) is 1. The molecular weight excluding hydrogens is 368 g/mol. The summed E-state index contributed by atoms with van der Waals surface area (Å²) in [6.45, 7) is 2.57. The smallest absolute Gasteiger partial charge is 0.251 e. The van der Waals surface area contributed by atoms with Gasteiger partial charge in [0.25, 0.3) is 5.91 Å². The Labute approximate surface area is 169 Å². The van der Waals surface area contributed by atoms with E-state index in [4.69, 9.17) is 4.74 Å². The molecular formula is C22H24N4O3. The molecule has 2 aliphatic rings. The van der Waals surface area contributed by atoms with Crippen molar-refractivity contribution >= 4 is 17.5 Å². The average molecular weight is 392 g/mol. The number of carbonyl (C=O) groups is 2. The number of anilines is 1. The summed E-state index contributed by atoms with van der Waals surface area (Å²) in [6.07, 6.45) is 4.10. The first-order valence-corrected chi connectivity index (χ1v) is 9.75. The predicted molar refractivity (Wildman–Crippen MR) is 110 cm³/mol. The number of amides is 2. The Hall–Kier alpha value is -3.32.